The van der Waals surface area contributed by atoms with Crippen molar-refractivity contribution in [1.29, 1.82) is 0 Å². The third-order valence-corrected chi connectivity index (χ3v) is 5.94. The van der Waals surface area contributed by atoms with Crippen LogP contribution in [0.15, 0.2) is 18.2 Å². The summed E-state index contributed by atoms with van der Waals surface area (Å²) in [7, 11) is 0. The van der Waals surface area contributed by atoms with E-state index < -0.39 is 0 Å². The quantitative estimate of drug-likeness (QED) is 0.697. The first kappa shape index (κ1) is 17.3. The van der Waals surface area contributed by atoms with E-state index in [1.807, 2.05) is 17.5 Å². The number of hydrogen-bond acceptors (Lipinski definition) is 6. The minimum atomic E-state index is 0.220. The van der Waals surface area contributed by atoms with Gasteiger partial charge in [0.15, 0.2) is 17.3 Å². The van der Waals surface area contributed by atoms with Crippen molar-refractivity contribution in [3.63, 3.8) is 0 Å². The fourth-order valence-corrected chi connectivity index (χ4v) is 4.11. The van der Waals surface area contributed by atoms with Gasteiger partial charge in [-0.2, -0.15) is 4.52 Å². The molecule has 28 heavy (non-hydrogen) atoms. The molecule has 0 radical (unpaired) electrons. The molecule has 146 valence electrons. The molecule has 7 heteroatoms. The van der Waals surface area contributed by atoms with Crippen LogP contribution in [0.1, 0.15) is 35.4 Å². The summed E-state index contributed by atoms with van der Waals surface area (Å²) in [6.45, 7) is 8.77. The normalized spacial score (nSPS) is 17.0. The van der Waals surface area contributed by atoms with Gasteiger partial charge < -0.3 is 14.4 Å². The molecule has 0 saturated carbocycles. The number of piperidine rings is 1. The van der Waals surface area contributed by atoms with Crippen LogP contribution in [0.25, 0.3) is 5.65 Å². The zero-order chi connectivity index (χ0) is 19.3. The molecule has 2 aliphatic rings. The monoisotopic (exact) mass is 379 g/mol. The van der Waals surface area contributed by atoms with Gasteiger partial charge >= 0.3 is 0 Å². The van der Waals surface area contributed by atoms with E-state index in [-0.39, 0.29) is 6.10 Å². The van der Waals surface area contributed by atoms with Crippen molar-refractivity contribution in [3.05, 3.63) is 40.7 Å². The van der Waals surface area contributed by atoms with E-state index >= 15 is 0 Å². The molecule has 0 unspecified atom stereocenters. The summed E-state index contributed by atoms with van der Waals surface area (Å²) in [5.74, 6) is 3.72. The first-order chi connectivity index (χ1) is 13.6. The van der Waals surface area contributed by atoms with Crippen LogP contribution < -0.4 is 14.4 Å². The van der Waals surface area contributed by atoms with Crippen LogP contribution >= 0.6 is 0 Å². The third-order valence-electron chi connectivity index (χ3n) is 5.94. The molecular weight excluding hydrogens is 354 g/mol. The Kier molecular flexibility index (Phi) is 4.10. The Hall–Kier alpha value is -2.83. The van der Waals surface area contributed by atoms with Crippen LogP contribution in [0.2, 0.25) is 0 Å². The molecule has 1 fully saturated rings. The first-order valence-electron chi connectivity index (χ1n) is 9.96. The lowest BCUT2D eigenvalue weighted by atomic mass is 10.1. The highest BCUT2D eigenvalue weighted by atomic mass is 16.5. The summed E-state index contributed by atoms with van der Waals surface area (Å²) in [6, 6.07) is 6.23. The Morgan fingerprint density at radius 2 is 1.89 bits per heavy atom. The molecule has 0 N–H and O–H groups in total. The number of aromatic nitrogens is 4. The molecule has 1 saturated heterocycles. The number of aryl methyl sites for hydroxylation is 2. The molecule has 4 heterocycles. The van der Waals surface area contributed by atoms with Crippen molar-refractivity contribution in [2.24, 2.45) is 0 Å². The van der Waals surface area contributed by atoms with Gasteiger partial charge in [-0.1, -0.05) is 6.07 Å². The second kappa shape index (κ2) is 6.65. The first-order valence-corrected chi connectivity index (χ1v) is 9.96. The van der Waals surface area contributed by atoms with Crippen molar-refractivity contribution in [1.82, 2.24) is 19.8 Å². The van der Waals surface area contributed by atoms with Gasteiger partial charge in [0.2, 0.25) is 0 Å². The number of fused-ring (bicyclic) bond motifs is 2. The highest BCUT2D eigenvalue weighted by Gasteiger charge is 2.25. The van der Waals surface area contributed by atoms with E-state index in [4.69, 9.17) is 14.6 Å². The number of benzene rings is 1. The van der Waals surface area contributed by atoms with E-state index in [0.717, 1.165) is 73.3 Å². The molecule has 0 bridgehead atoms. The number of ether oxygens (including phenoxy) is 2. The zero-order valence-electron chi connectivity index (χ0n) is 16.6. The average Bonchev–Trinajstić information content (AvgIpc) is 3.32. The summed E-state index contributed by atoms with van der Waals surface area (Å²) in [5.41, 5.74) is 4.44. The van der Waals surface area contributed by atoms with Gasteiger partial charge in [-0.3, -0.25) is 0 Å². The van der Waals surface area contributed by atoms with Gasteiger partial charge in [0.25, 0.3) is 0 Å². The number of rotatable bonds is 3. The van der Waals surface area contributed by atoms with Gasteiger partial charge in [-0.05, 0) is 32.4 Å². The number of nitrogens with zero attached hydrogens (tertiary/aromatic N) is 5. The molecule has 5 rings (SSSR count). The van der Waals surface area contributed by atoms with E-state index in [0.29, 0.717) is 0 Å². The highest BCUT2D eigenvalue weighted by molar-refractivity contribution is 5.59. The third kappa shape index (κ3) is 2.85. The summed E-state index contributed by atoms with van der Waals surface area (Å²) < 4.78 is 13.8. The predicted molar refractivity (Wildman–Crippen MR) is 106 cm³/mol. The second-order valence-electron chi connectivity index (χ2n) is 7.73. The number of hydrogen-bond donors (Lipinski definition) is 0. The lowest BCUT2D eigenvalue weighted by Gasteiger charge is -2.34. The molecule has 1 aromatic carbocycles. The zero-order valence-corrected chi connectivity index (χ0v) is 16.6. The van der Waals surface area contributed by atoms with Crippen LogP contribution in [-0.4, -0.2) is 45.6 Å². The van der Waals surface area contributed by atoms with Gasteiger partial charge in [-0.15, -0.1) is 15.3 Å². The van der Waals surface area contributed by atoms with E-state index in [1.165, 1.54) is 11.1 Å². The summed E-state index contributed by atoms with van der Waals surface area (Å²) in [5, 5.41) is 13.2. The minimum absolute atomic E-state index is 0.220. The fraction of sp³-hybridized carbons (Fsp3) is 0.476. The van der Waals surface area contributed by atoms with Crippen LogP contribution in [0.4, 0.5) is 5.82 Å². The maximum atomic E-state index is 6.24. The molecule has 2 aromatic heterocycles. The Morgan fingerprint density at radius 1 is 1.07 bits per heavy atom. The fourth-order valence-electron chi connectivity index (χ4n) is 4.11. The minimum Gasteiger partial charge on any atom is -0.493 e. The Bertz CT molecular complexity index is 1040. The van der Waals surface area contributed by atoms with Crippen LogP contribution in [-0.2, 0) is 6.42 Å². The maximum Gasteiger partial charge on any atom is 0.181 e. The van der Waals surface area contributed by atoms with Gasteiger partial charge in [-0.25, -0.2) is 0 Å². The molecule has 3 aromatic rings. The smallest absolute Gasteiger partial charge is 0.181 e. The van der Waals surface area contributed by atoms with Crippen molar-refractivity contribution >= 4 is 11.5 Å². The second-order valence-corrected chi connectivity index (χ2v) is 7.73. The predicted octanol–water partition coefficient (Wildman–Crippen LogP) is 3.03. The molecule has 7 nitrogen and oxygen atoms in total. The molecule has 2 aliphatic heterocycles. The Labute approximate surface area is 164 Å². The van der Waals surface area contributed by atoms with Crippen molar-refractivity contribution in [2.45, 2.75) is 46.1 Å². The van der Waals surface area contributed by atoms with E-state index in [2.05, 4.69) is 41.1 Å². The van der Waals surface area contributed by atoms with Crippen molar-refractivity contribution in [3.8, 4) is 11.5 Å². The largest absolute Gasteiger partial charge is 0.493 e. The van der Waals surface area contributed by atoms with E-state index in [1.54, 1.807) is 0 Å². The molecule has 0 aliphatic carbocycles. The van der Waals surface area contributed by atoms with Gasteiger partial charge in [0, 0.05) is 49.5 Å². The van der Waals surface area contributed by atoms with Crippen molar-refractivity contribution in [2.75, 3.05) is 24.6 Å². The Morgan fingerprint density at radius 3 is 2.71 bits per heavy atom. The summed E-state index contributed by atoms with van der Waals surface area (Å²) >= 11 is 0. The standard InChI is InChI=1S/C21H25N5O2/c1-13-14(2)21(24-26-15(3)22-23-20(13)26)25-9-6-17(7-10-25)28-18-5-4-16-8-11-27-19(16)12-18/h4-5,12,17H,6-11H2,1-3H3. The Balaban J connectivity index is 1.30. The summed E-state index contributed by atoms with van der Waals surface area (Å²) in [4.78, 5) is 2.35. The summed E-state index contributed by atoms with van der Waals surface area (Å²) in [6.07, 6.45) is 3.16. The van der Waals surface area contributed by atoms with Crippen LogP contribution in [0, 0.1) is 20.8 Å². The van der Waals surface area contributed by atoms with Gasteiger partial charge in [0.1, 0.15) is 17.6 Å². The molecular formula is C21H25N5O2. The molecule has 0 spiro atoms. The number of anilines is 1. The SMILES string of the molecule is Cc1c(N2CCC(Oc3ccc4c(c3)OCC4)CC2)nn2c(C)nnc2c1C. The lowest BCUT2D eigenvalue weighted by Crippen LogP contribution is -2.39. The van der Waals surface area contributed by atoms with Crippen LogP contribution in [0.3, 0.4) is 0 Å². The molecule has 0 amide bonds. The lowest BCUT2D eigenvalue weighted by molar-refractivity contribution is 0.170. The van der Waals surface area contributed by atoms with E-state index in [9.17, 15) is 0 Å². The maximum absolute atomic E-state index is 6.24. The van der Waals surface area contributed by atoms with Crippen LogP contribution in [0.5, 0.6) is 11.5 Å². The topological polar surface area (TPSA) is 64.8 Å². The molecule has 0 atom stereocenters. The average molecular weight is 379 g/mol. The highest BCUT2D eigenvalue weighted by Crippen LogP contribution is 2.31. The van der Waals surface area contributed by atoms with Crippen molar-refractivity contribution < 1.29 is 9.47 Å². The van der Waals surface area contributed by atoms with Gasteiger partial charge in [0.05, 0.1) is 6.61 Å².